The van der Waals surface area contributed by atoms with Crippen molar-refractivity contribution in [3.63, 3.8) is 0 Å². The lowest BCUT2D eigenvalue weighted by atomic mass is 10.4. The standard InChI is InChI=1S/C6H5ClN2O2/c7-9-11-6(10)5-3-1-2-4-8-5/h1-4,9H. The fraction of sp³-hybridized carbons (Fsp3) is 0. The molecule has 5 heteroatoms. The number of nitrogens with zero attached hydrogens (tertiary/aromatic N) is 1. The van der Waals surface area contributed by atoms with Gasteiger partial charge in [-0.2, -0.15) is 0 Å². The predicted octanol–water partition coefficient (Wildman–Crippen LogP) is 0.897. The van der Waals surface area contributed by atoms with Gasteiger partial charge in [0.05, 0.1) is 0 Å². The highest BCUT2D eigenvalue weighted by Crippen LogP contribution is 1.94. The highest BCUT2D eigenvalue weighted by Gasteiger charge is 2.05. The zero-order chi connectivity index (χ0) is 8.10. The average molecular weight is 173 g/mol. The number of carbonyl (C=O) groups is 1. The molecule has 0 aromatic carbocycles. The second-order valence-electron chi connectivity index (χ2n) is 1.68. The molecule has 58 valence electrons. The van der Waals surface area contributed by atoms with E-state index in [1.165, 1.54) is 12.3 Å². The summed E-state index contributed by atoms with van der Waals surface area (Å²) in [5, 5.41) is 0. The molecule has 0 aliphatic rings. The number of hydrogen-bond acceptors (Lipinski definition) is 4. The van der Waals surface area contributed by atoms with Crippen molar-refractivity contribution < 1.29 is 9.63 Å². The van der Waals surface area contributed by atoms with Gasteiger partial charge in [0.15, 0.2) is 0 Å². The monoisotopic (exact) mass is 172 g/mol. The van der Waals surface area contributed by atoms with E-state index in [4.69, 9.17) is 11.8 Å². The Hall–Kier alpha value is -1.13. The number of pyridine rings is 1. The first kappa shape index (κ1) is 7.97. The van der Waals surface area contributed by atoms with Gasteiger partial charge >= 0.3 is 5.97 Å². The van der Waals surface area contributed by atoms with Crippen LogP contribution in [0.25, 0.3) is 0 Å². The minimum Gasteiger partial charge on any atom is -0.350 e. The van der Waals surface area contributed by atoms with Gasteiger partial charge < -0.3 is 4.84 Å². The number of hydrogen-bond donors (Lipinski definition) is 1. The zero-order valence-electron chi connectivity index (χ0n) is 5.45. The van der Waals surface area contributed by atoms with Crippen LogP contribution in [-0.4, -0.2) is 11.0 Å². The van der Waals surface area contributed by atoms with Crippen molar-refractivity contribution in [3.8, 4) is 0 Å². The molecule has 1 aromatic heterocycles. The summed E-state index contributed by atoms with van der Waals surface area (Å²) in [4.78, 5) is 20.5. The van der Waals surface area contributed by atoms with E-state index >= 15 is 0 Å². The van der Waals surface area contributed by atoms with E-state index in [1.54, 1.807) is 17.1 Å². The Morgan fingerprint density at radius 1 is 1.64 bits per heavy atom. The Kier molecular flexibility index (Phi) is 2.83. The Morgan fingerprint density at radius 3 is 3.00 bits per heavy atom. The van der Waals surface area contributed by atoms with Gasteiger partial charge in [-0.25, -0.2) is 9.78 Å². The van der Waals surface area contributed by atoms with Crippen molar-refractivity contribution in [2.45, 2.75) is 0 Å². The van der Waals surface area contributed by atoms with Crippen LogP contribution in [0.3, 0.4) is 0 Å². The van der Waals surface area contributed by atoms with E-state index in [9.17, 15) is 4.79 Å². The molecule has 1 N–H and O–H groups in total. The van der Waals surface area contributed by atoms with Gasteiger partial charge in [-0.15, -0.1) is 0 Å². The Bertz CT molecular complexity index is 240. The van der Waals surface area contributed by atoms with Gasteiger partial charge in [0, 0.05) is 18.0 Å². The normalized spacial score (nSPS) is 9.18. The summed E-state index contributed by atoms with van der Waals surface area (Å²) in [7, 11) is 0. The van der Waals surface area contributed by atoms with E-state index < -0.39 is 5.97 Å². The molecule has 0 fully saturated rings. The van der Waals surface area contributed by atoms with Gasteiger partial charge in [0.1, 0.15) is 5.69 Å². The van der Waals surface area contributed by atoms with Crippen LogP contribution in [0, 0.1) is 0 Å². The fourth-order valence-corrected chi connectivity index (χ4v) is 0.641. The van der Waals surface area contributed by atoms with Gasteiger partial charge in [-0.05, 0) is 12.1 Å². The summed E-state index contributed by atoms with van der Waals surface area (Å²) in [5.41, 5.74) is 0.209. The predicted molar refractivity (Wildman–Crippen MR) is 38.6 cm³/mol. The van der Waals surface area contributed by atoms with Crippen molar-refractivity contribution in [1.82, 2.24) is 9.98 Å². The van der Waals surface area contributed by atoms with E-state index in [-0.39, 0.29) is 5.69 Å². The summed E-state index contributed by atoms with van der Waals surface area (Å²) in [6.45, 7) is 0. The molecule has 0 radical (unpaired) electrons. The Labute approximate surface area is 68.2 Å². The molecule has 0 saturated heterocycles. The highest BCUT2D eigenvalue weighted by atomic mass is 35.5. The van der Waals surface area contributed by atoms with Gasteiger partial charge in [0.25, 0.3) is 0 Å². The van der Waals surface area contributed by atoms with Crippen LogP contribution < -0.4 is 5.00 Å². The molecule has 0 aliphatic heterocycles. The molecule has 0 unspecified atom stereocenters. The summed E-state index contributed by atoms with van der Waals surface area (Å²) < 4.78 is 0. The van der Waals surface area contributed by atoms with Gasteiger partial charge in [-0.1, -0.05) is 11.1 Å². The topological polar surface area (TPSA) is 51.2 Å². The quantitative estimate of drug-likeness (QED) is 0.532. The highest BCUT2D eigenvalue weighted by molar-refractivity contribution is 6.13. The van der Waals surface area contributed by atoms with Crippen LogP contribution in [0.15, 0.2) is 24.4 Å². The molecule has 0 aliphatic carbocycles. The number of nitrogens with one attached hydrogen (secondary N) is 1. The number of aromatic nitrogens is 1. The maximum atomic E-state index is 10.8. The van der Waals surface area contributed by atoms with Crippen LogP contribution in [-0.2, 0) is 4.84 Å². The van der Waals surface area contributed by atoms with Gasteiger partial charge in [0.2, 0.25) is 0 Å². The lowest BCUT2D eigenvalue weighted by molar-refractivity contribution is 0.0406. The summed E-state index contributed by atoms with van der Waals surface area (Å²) in [6, 6.07) is 4.90. The first-order chi connectivity index (χ1) is 5.34. The minimum absolute atomic E-state index is 0.209. The lowest BCUT2D eigenvalue weighted by Gasteiger charge is -1.96. The van der Waals surface area contributed by atoms with E-state index in [0.29, 0.717) is 0 Å². The molecule has 0 atom stereocenters. The molecule has 0 bridgehead atoms. The van der Waals surface area contributed by atoms with E-state index in [0.717, 1.165) is 0 Å². The van der Waals surface area contributed by atoms with E-state index in [2.05, 4.69) is 9.82 Å². The van der Waals surface area contributed by atoms with Crippen molar-refractivity contribution in [3.05, 3.63) is 30.1 Å². The maximum Gasteiger partial charge on any atom is 0.376 e. The van der Waals surface area contributed by atoms with Crippen molar-refractivity contribution >= 4 is 17.7 Å². The third-order valence-electron chi connectivity index (χ3n) is 1.01. The third kappa shape index (κ3) is 2.18. The molecule has 11 heavy (non-hydrogen) atoms. The molecule has 1 heterocycles. The summed E-state index contributed by atoms with van der Waals surface area (Å²) in [5.74, 6) is -0.611. The Balaban J connectivity index is 2.69. The van der Waals surface area contributed by atoms with Crippen molar-refractivity contribution in [2.75, 3.05) is 0 Å². The van der Waals surface area contributed by atoms with Crippen molar-refractivity contribution in [2.24, 2.45) is 0 Å². The number of carbonyl (C=O) groups excluding carboxylic acids is 1. The number of rotatable bonds is 2. The summed E-state index contributed by atoms with van der Waals surface area (Å²) in [6.07, 6.45) is 1.49. The molecule has 0 amide bonds. The molecule has 0 spiro atoms. The van der Waals surface area contributed by atoms with Crippen LogP contribution in [0.2, 0.25) is 0 Å². The van der Waals surface area contributed by atoms with Crippen LogP contribution in [0.1, 0.15) is 10.5 Å². The summed E-state index contributed by atoms with van der Waals surface area (Å²) >= 11 is 4.93. The fourth-order valence-electron chi connectivity index (χ4n) is 0.571. The van der Waals surface area contributed by atoms with Crippen molar-refractivity contribution in [1.29, 1.82) is 0 Å². The molecular formula is C6H5ClN2O2. The second kappa shape index (κ2) is 3.90. The van der Waals surface area contributed by atoms with Gasteiger partial charge in [-0.3, -0.25) is 0 Å². The second-order valence-corrected chi connectivity index (χ2v) is 1.84. The molecule has 1 aromatic rings. The van der Waals surface area contributed by atoms with E-state index in [1.807, 2.05) is 0 Å². The first-order valence-corrected chi connectivity index (χ1v) is 3.20. The lowest BCUT2D eigenvalue weighted by Crippen LogP contribution is -2.12. The third-order valence-corrected chi connectivity index (χ3v) is 1.08. The molecule has 0 saturated carbocycles. The maximum absolute atomic E-state index is 10.8. The molecular weight excluding hydrogens is 168 g/mol. The largest absolute Gasteiger partial charge is 0.376 e. The average Bonchev–Trinajstić information content (AvgIpc) is 2.07. The van der Waals surface area contributed by atoms with Crippen LogP contribution >= 0.6 is 11.8 Å². The first-order valence-electron chi connectivity index (χ1n) is 2.82. The number of halogens is 1. The SMILES string of the molecule is O=C(ONCl)c1ccccn1. The van der Waals surface area contributed by atoms with Crippen LogP contribution in [0.4, 0.5) is 0 Å². The Morgan fingerprint density at radius 2 is 2.45 bits per heavy atom. The van der Waals surface area contributed by atoms with Crippen LogP contribution in [0.5, 0.6) is 0 Å². The molecule has 4 nitrogen and oxygen atoms in total. The smallest absolute Gasteiger partial charge is 0.350 e. The molecule has 1 rings (SSSR count). The zero-order valence-corrected chi connectivity index (χ0v) is 6.21. The minimum atomic E-state index is -0.611.